The highest BCUT2D eigenvalue weighted by Crippen LogP contribution is 2.58. The van der Waals surface area contributed by atoms with Crippen molar-refractivity contribution < 1.29 is 4.74 Å². The van der Waals surface area contributed by atoms with Crippen molar-refractivity contribution in [3.05, 3.63) is 47.2 Å². The molecule has 7 aliphatic rings. The van der Waals surface area contributed by atoms with Crippen LogP contribution in [0.4, 0.5) is 0 Å². The Morgan fingerprint density at radius 1 is 1.09 bits per heavy atom. The highest BCUT2D eigenvalue weighted by atomic mass is 16.5. The van der Waals surface area contributed by atoms with Gasteiger partial charge >= 0.3 is 0 Å². The number of nitrogens with zero attached hydrogens (tertiary/aromatic N) is 1. The maximum absolute atomic E-state index is 5.64. The summed E-state index contributed by atoms with van der Waals surface area (Å²) in [6, 6.07) is 0. The number of hydrogen-bond acceptors (Lipinski definition) is 3. The highest BCUT2D eigenvalue weighted by Gasteiger charge is 2.57. The number of aliphatic imine (C=N–C) groups is 1. The van der Waals surface area contributed by atoms with Crippen LogP contribution in [0.25, 0.3) is 0 Å². The van der Waals surface area contributed by atoms with Gasteiger partial charge in [0.2, 0.25) is 0 Å². The lowest BCUT2D eigenvalue weighted by Gasteiger charge is -2.61. The van der Waals surface area contributed by atoms with Crippen molar-refractivity contribution >= 4 is 6.21 Å². The van der Waals surface area contributed by atoms with Gasteiger partial charge in [0.15, 0.2) is 0 Å². The van der Waals surface area contributed by atoms with E-state index < -0.39 is 0 Å². The number of rotatable bonds is 0. The van der Waals surface area contributed by atoms with Crippen molar-refractivity contribution in [2.45, 2.75) is 44.1 Å². The molecule has 1 spiro atoms. The number of allylic oxidation sites excluding steroid dienone is 5. The molecule has 0 radical (unpaired) electrons. The Hall–Kier alpha value is -1.77. The molecule has 0 aromatic heterocycles. The minimum absolute atomic E-state index is 0.142. The second-order valence-corrected chi connectivity index (χ2v) is 8.31. The third kappa shape index (κ3) is 1.63. The largest absolute Gasteiger partial charge is 0.465 e. The van der Waals surface area contributed by atoms with E-state index in [2.05, 4.69) is 23.7 Å². The fraction of sp³-hybridized carbons (Fsp3) is 0.550. The lowest BCUT2D eigenvalue weighted by atomic mass is 9.48. The quantitative estimate of drug-likeness (QED) is 0.738. The molecule has 3 heteroatoms. The van der Waals surface area contributed by atoms with Crippen molar-refractivity contribution in [1.29, 1.82) is 0 Å². The Balaban J connectivity index is 1.38. The summed E-state index contributed by atoms with van der Waals surface area (Å²) < 4.78 is 5.64. The maximum atomic E-state index is 5.64. The summed E-state index contributed by atoms with van der Waals surface area (Å²) in [5.74, 6) is 4.53. The van der Waals surface area contributed by atoms with E-state index >= 15 is 0 Å². The molecule has 0 unspecified atom stereocenters. The van der Waals surface area contributed by atoms with Crippen LogP contribution in [0.3, 0.4) is 0 Å². The summed E-state index contributed by atoms with van der Waals surface area (Å²) in [6.07, 6.45) is 18.3. The first-order chi connectivity index (χ1) is 11.3. The van der Waals surface area contributed by atoms with Crippen molar-refractivity contribution in [2.75, 3.05) is 0 Å². The second kappa shape index (κ2) is 4.19. The van der Waals surface area contributed by atoms with Gasteiger partial charge in [0.25, 0.3) is 0 Å². The molecular weight excluding hydrogens is 284 g/mol. The van der Waals surface area contributed by atoms with Crippen molar-refractivity contribution in [1.82, 2.24) is 5.32 Å². The Kier molecular flexibility index (Phi) is 2.30. The summed E-state index contributed by atoms with van der Waals surface area (Å²) in [5, 5.41) is 4.01. The van der Waals surface area contributed by atoms with Crippen LogP contribution in [0.15, 0.2) is 52.2 Å². The van der Waals surface area contributed by atoms with E-state index in [0.29, 0.717) is 0 Å². The normalized spacial score (nSPS) is 45.2. The molecule has 1 N–H and O–H groups in total. The monoisotopic (exact) mass is 306 g/mol. The van der Waals surface area contributed by atoms with E-state index in [1.54, 1.807) is 6.26 Å². The van der Waals surface area contributed by atoms with Gasteiger partial charge in [0.1, 0.15) is 5.76 Å². The molecule has 2 heterocycles. The SMILES string of the molecule is C1=COC2=CC3=C(CC2=C1)NC1(C=N3)C2CC3CC(C2)CC1C3. The summed E-state index contributed by atoms with van der Waals surface area (Å²) >= 11 is 0. The van der Waals surface area contributed by atoms with Crippen LogP contribution in [-0.2, 0) is 4.74 Å². The molecule has 0 atom stereocenters. The van der Waals surface area contributed by atoms with E-state index in [9.17, 15) is 0 Å². The Bertz CT molecular complexity index is 709. The van der Waals surface area contributed by atoms with Gasteiger partial charge in [-0.3, -0.25) is 4.99 Å². The topological polar surface area (TPSA) is 33.6 Å². The summed E-state index contributed by atoms with van der Waals surface area (Å²) in [6.45, 7) is 0. The van der Waals surface area contributed by atoms with E-state index in [4.69, 9.17) is 9.73 Å². The molecule has 0 aromatic rings. The van der Waals surface area contributed by atoms with Crippen LogP contribution in [0.5, 0.6) is 0 Å². The lowest BCUT2D eigenvalue weighted by Crippen LogP contribution is -2.66. The summed E-state index contributed by atoms with van der Waals surface area (Å²) in [7, 11) is 0. The van der Waals surface area contributed by atoms with Crippen molar-refractivity contribution in [2.24, 2.45) is 28.7 Å². The summed E-state index contributed by atoms with van der Waals surface area (Å²) in [5.41, 5.74) is 3.80. The van der Waals surface area contributed by atoms with E-state index in [1.165, 1.54) is 43.4 Å². The summed E-state index contributed by atoms with van der Waals surface area (Å²) in [4.78, 5) is 4.93. The molecule has 4 saturated carbocycles. The molecule has 4 fully saturated rings. The van der Waals surface area contributed by atoms with Crippen molar-refractivity contribution in [3.8, 4) is 0 Å². The first kappa shape index (κ1) is 12.6. The highest BCUT2D eigenvalue weighted by molar-refractivity contribution is 5.77. The zero-order valence-corrected chi connectivity index (χ0v) is 13.3. The van der Waals surface area contributed by atoms with Crippen LogP contribution < -0.4 is 5.32 Å². The first-order valence-corrected chi connectivity index (χ1v) is 9.11. The second-order valence-electron chi connectivity index (χ2n) is 8.31. The van der Waals surface area contributed by atoms with Crippen LogP contribution in [-0.4, -0.2) is 11.8 Å². The van der Waals surface area contributed by atoms with Gasteiger partial charge in [-0.15, -0.1) is 0 Å². The maximum Gasteiger partial charge on any atom is 0.132 e. The lowest BCUT2D eigenvalue weighted by molar-refractivity contribution is -0.0356. The Labute approximate surface area is 136 Å². The van der Waals surface area contributed by atoms with Crippen LogP contribution in [0.2, 0.25) is 0 Å². The molecule has 5 aliphatic carbocycles. The predicted octanol–water partition coefficient (Wildman–Crippen LogP) is 3.82. The molecule has 23 heavy (non-hydrogen) atoms. The van der Waals surface area contributed by atoms with E-state index in [0.717, 1.165) is 41.5 Å². The minimum Gasteiger partial charge on any atom is -0.465 e. The third-order valence-electron chi connectivity index (χ3n) is 7.11. The molecule has 0 saturated heterocycles. The average Bonchev–Trinajstić information content (AvgIpc) is 2.57. The average molecular weight is 306 g/mol. The Morgan fingerprint density at radius 3 is 2.65 bits per heavy atom. The van der Waals surface area contributed by atoms with Gasteiger partial charge in [-0.2, -0.15) is 0 Å². The number of nitrogens with one attached hydrogen (secondary N) is 1. The first-order valence-electron chi connectivity index (χ1n) is 9.11. The fourth-order valence-electron chi connectivity index (χ4n) is 6.26. The Morgan fingerprint density at radius 2 is 1.87 bits per heavy atom. The number of hydrogen-bond donors (Lipinski definition) is 1. The molecule has 0 amide bonds. The zero-order valence-electron chi connectivity index (χ0n) is 13.3. The zero-order chi connectivity index (χ0) is 15.0. The van der Waals surface area contributed by atoms with Gasteiger partial charge in [0.05, 0.1) is 17.5 Å². The van der Waals surface area contributed by atoms with Gasteiger partial charge in [-0.05, 0) is 61.9 Å². The molecule has 0 aromatic carbocycles. The van der Waals surface area contributed by atoms with Crippen molar-refractivity contribution in [3.63, 3.8) is 0 Å². The molecular formula is C20H22N2O. The third-order valence-corrected chi connectivity index (χ3v) is 7.11. The minimum atomic E-state index is 0.142. The van der Waals surface area contributed by atoms with E-state index in [1.807, 2.05) is 6.08 Å². The molecule has 7 rings (SSSR count). The van der Waals surface area contributed by atoms with Crippen LogP contribution >= 0.6 is 0 Å². The van der Waals surface area contributed by atoms with E-state index in [-0.39, 0.29) is 5.54 Å². The van der Waals surface area contributed by atoms with Crippen LogP contribution in [0, 0.1) is 23.7 Å². The smallest absolute Gasteiger partial charge is 0.132 e. The molecule has 2 aliphatic heterocycles. The van der Waals surface area contributed by atoms with Gasteiger partial charge in [-0.25, -0.2) is 0 Å². The predicted molar refractivity (Wildman–Crippen MR) is 89.4 cm³/mol. The molecule has 118 valence electrons. The van der Waals surface area contributed by atoms with Crippen LogP contribution in [0.1, 0.15) is 38.5 Å². The molecule has 3 nitrogen and oxygen atoms in total. The number of fused-ring (bicyclic) bond motifs is 1. The molecule has 4 bridgehead atoms. The standard InChI is InChI=1S/C20H22N2O/c1-2-14-9-18-17(10-19(14)23-3-1)21-11-20(22-18)15-5-12-4-13(7-15)8-16(20)6-12/h1-3,10-13,15-16,22H,4-9H2. The van der Waals surface area contributed by atoms with Gasteiger partial charge in [0, 0.05) is 30.0 Å². The van der Waals surface area contributed by atoms with Gasteiger partial charge in [-0.1, -0.05) is 6.08 Å². The van der Waals surface area contributed by atoms with Gasteiger partial charge < -0.3 is 10.1 Å². The fourth-order valence-corrected chi connectivity index (χ4v) is 6.26. The number of ether oxygens (including phenoxy) is 1.